The molecule has 0 saturated heterocycles. The summed E-state index contributed by atoms with van der Waals surface area (Å²) in [6.07, 6.45) is 4.36. The van der Waals surface area contributed by atoms with Crippen LogP contribution >= 0.6 is 15.9 Å². The maximum atomic E-state index is 4.11. The molecular weight excluding hydrogens is 244 g/mol. The Hall–Kier alpha value is -0.680. The van der Waals surface area contributed by atoms with Crippen LogP contribution in [-0.4, -0.2) is 29.6 Å². The molecule has 78 valence electrons. The van der Waals surface area contributed by atoms with Gasteiger partial charge in [0, 0.05) is 12.7 Å². The molecule has 1 aromatic rings. The van der Waals surface area contributed by atoms with E-state index in [1.165, 1.54) is 6.33 Å². The number of halogens is 1. The molecule has 0 unspecified atom stereocenters. The Morgan fingerprint density at radius 1 is 1.43 bits per heavy atom. The SMILES string of the molecule is CCNCCCNc1ncncc1Br. The quantitative estimate of drug-likeness (QED) is 0.763. The third-order valence-corrected chi connectivity index (χ3v) is 2.32. The van der Waals surface area contributed by atoms with Crippen LogP contribution in [0.25, 0.3) is 0 Å². The number of anilines is 1. The average Bonchev–Trinajstić information content (AvgIpc) is 2.20. The van der Waals surface area contributed by atoms with Crippen LogP contribution in [-0.2, 0) is 0 Å². The van der Waals surface area contributed by atoms with E-state index < -0.39 is 0 Å². The van der Waals surface area contributed by atoms with Gasteiger partial charge in [0.1, 0.15) is 12.1 Å². The lowest BCUT2D eigenvalue weighted by atomic mass is 10.4. The minimum atomic E-state index is 0.858. The van der Waals surface area contributed by atoms with E-state index in [1.807, 2.05) is 0 Å². The number of hydrogen-bond donors (Lipinski definition) is 2. The molecule has 0 spiro atoms. The van der Waals surface area contributed by atoms with E-state index in [9.17, 15) is 0 Å². The summed E-state index contributed by atoms with van der Waals surface area (Å²) in [7, 11) is 0. The summed E-state index contributed by atoms with van der Waals surface area (Å²) in [6, 6.07) is 0. The van der Waals surface area contributed by atoms with E-state index in [0.29, 0.717) is 0 Å². The predicted octanol–water partition coefficient (Wildman–Crippen LogP) is 1.65. The van der Waals surface area contributed by atoms with Gasteiger partial charge in [0.15, 0.2) is 0 Å². The Labute approximate surface area is 92.7 Å². The lowest BCUT2D eigenvalue weighted by molar-refractivity contribution is 0.688. The Bertz CT molecular complexity index is 267. The summed E-state index contributed by atoms with van der Waals surface area (Å²) < 4.78 is 0.906. The minimum absolute atomic E-state index is 0.858. The Kier molecular flexibility index (Phi) is 5.47. The van der Waals surface area contributed by atoms with E-state index in [-0.39, 0.29) is 0 Å². The third-order valence-electron chi connectivity index (χ3n) is 1.74. The number of aromatic nitrogens is 2. The fourth-order valence-electron chi connectivity index (χ4n) is 1.04. The van der Waals surface area contributed by atoms with Crippen molar-refractivity contribution >= 4 is 21.7 Å². The zero-order valence-electron chi connectivity index (χ0n) is 8.26. The van der Waals surface area contributed by atoms with Crippen molar-refractivity contribution in [2.75, 3.05) is 25.0 Å². The molecule has 0 aliphatic heterocycles. The van der Waals surface area contributed by atoms with Gasteiger partial charge in [0.25, 0.3) is 0 Å². The predicted molar refractivity (Wildman–Crippen MR) is 61.4 cm³/mol. The number of hydrogen-bond acceptors (Lipinski definition) is 4. The Balaban J connectivity index is 2.21. The first-order valence-corrected chi connectivity index (χ1v) is 5.54. The molecule has 0 amide bonds. The summed E-state index contributed by atoms with van der Waals surface area (Å²) in [4.78, 5) is 8.00. The fraction of sp³-hybridized carbons (Fsp3) is 0.556. The van der Waals surface area contributed by atoms with Gasteiger partial charge in [-0.15, -0.1) is 0 Å². The van der Waals surface area contributed by atoms with Gasteiger partial charge < -0.3 is 10.6 Å². The fourth-order valence-corrected chi connectivity index (χ4v) is 1.40. The van der Waals surface area contributed by atoms with Crippen molar-refractivity contribution in [2.45, 2.75) is 13.3 Å². The van der Waals surface area contributed by atoms with E-state index in [1.54, 1.807) is 6.20 Å². The second-order valence-corrected chi connectivity index (χ2v) is 3.71. The van der Waals surface area contributed by atoms with Gasteiger partial charge in [-0.3, -0.25) is 0 Å². The van der Waals surface area contributed by atoms with Crippen LogP contribution < -0.4 is 10.6 Å². The number of nitrogens with one attached hydrogen (secondary N) is 2. The van der Waals surface area contributed by atoms with Gasteiger partial charge in [-0.05, 0) is 35.4 Å². The van der Waals surface area contributed by atoms with Crippen LogP contribution in [0.3, 0.4) is 0 Å². The molecule has 1 aromatic heterocycles. The van der Waals surface area contributed by atoms with Gasteiger partial charge >= 0.3 is 0 Å². The number of nitrogens with zero attached hydrogens (tertiary/aromatic N) is 2. The van der Waals surface area contributed by atoms with E-state index >= 15 is 0 Å². The molecule has 4 nitrogen and oxygen atoms in total. The summed E-state index contributed by atoms with van der Waals surface area (Å²) >= 11 is 3.38. The van der Waals surface area contributed by atoms with Crippen molar-refractivity contribution < 1.29 is 0 Å². The number of rotatable bonds is 6. The molecule has 14 heavy (non-hydrogen) atoms. The topological polar surface area (TPSA) is 49.8 Å². The molecule has 1 heterocycles. The largest absolute Gasteiger partial charge is 0.369 e. The average molecular weight is 259 g/mol. The van der Waals surface area contributed by atoms with Crippen molar-refractivity contribution in [3.8, 4) is 0 Å². The van der Waals surface area contributed by atoms with Crippen molar-refractivity contribution in [1.29, 1.82) is 0 Å². The summed E-state index contributed by atoms with van der Waals surface area (Å²) in [5.41, 5.74) is 0. The molecule has 0 saturated carbocycles. The Morgan fingerprint density at radius 2 is 2.29 bits per heavy atom. The molecule has 0 fully saturated rings. The van der Waals surface area contributed by atoms with Gasteiger partial charge in [0.05, 0.1) is 4.47 Å². The van der Waals surface area contributed by atoms with Crippen LogP contribution in [0.4, 0.5) is 5.82 Å². The van der Waals surface area contributed by atoms with E-state index in [2.05, 4.69) is 43.5 Å². The van der Waals surface area contributed by atoms with Crippen molar-refractivity contribution in [2.24, 2.45) is 0 Å². The lowest BCUT2D eigenvalue weighted by Crippen LogP contribution is -2.17. The maximum absolute atomic E-state index is 4.11. The second kappa shape index (κ2) is 6.73. The molecule has 0 bridgehead atoms. The Morgan fingerprint density at radius 3 is 3.00 bits per heavy atom. The van der Waals surface area contributed by atoms with Crippen molar-refractivity contribution in [3.63, 3.8) is 0 Å². The highest BCUT2D eigenvalue weighted by molar-refractivity contribution is 9.10. The van der Waals surface area contributed by atoms with Crippen LogP contribution in [0.2, 0.25) is 0 Å². The van der Waals surface area contributed by atoms with Crippen LogP contribution in [0, 0.1) is 0 Å². The summed E-state index contributed by atoms with van der Waals surface area (Å²) in [5, 5.41) is 6.50. The van der Waals surface area contributed by atoms with Crippen LogP contribution in [0.1, 0.15) is 13.3 Å². The first-order chi connectivity index (χ1) is 6.84. The van der Waals surface area contributed by atoms with Gasteiger partial charge in [0.2, 0.25) is 0 Å². The zero-order chi connectivity index (χ0) is 10.2. The second-order valence-electron chi connectivity index (χ2n) is 2.85. The smallest absolute Gasteiger partial charge is 0.143 e. The minimum Gasteiger partial charge on any atom is -0.369 e. The molecule has 0 aliphatic carbocycles. The molecule has 0 aromatic carbocycles. The monoisotopic (exact) mass is 258 g/mol. The molecule has 2 N–H and O–H groups in total. The maximum Gasteiger partial charge on any atom is 0.143 e. The summed E-state index contributed by atoms with van der Waals surface area (Å²) in [6.45, 7) is 5.08. The molecule has 0 aliphatic rings. The molecule has 5 heteroatoms. The van der Waals surface area contributed by atoms with Crippen LogP contribution in [0.15, 0.2) is 17.0 Å². The summed E-state index contributed by atoms with van der Waals surface area (Å²) in [5.74, 6) is 0.858. The van der Waals surface area contributed by atoms with Gasteiger partial charge in [-0.2, -0.15) is 0 Å². The molecular formula is C9H15BrN4. The first-order valence-electron chi connectivity index (χ1n) is 4.74. The highest BCUT2D eigenvalue weighted by Gasteiger charge is 1.98. The molecule has 1 rings (SSSR count). The van der Waals surface area contributed by atoms with Gasteiger partial charge in [-0.25, -0.2) is 9.97 Å². The first kappa shape index (κ1) is 11.4. The lowest BCUT2D eigenvalue weighted by Gasteiger charge is -2.06. The van der Waals surface area contributed by atoms with E-state index in [4.69, 9.17) is 0 Å². The standard InChI is InChI=1S/C9H15BrN4/c1-2-11-4-3-5-13-9-8(10)6-12-7-14-9/h6-7,11H,2-5H2,1H3,(H,12,13,14). The van der Waals surface area contributed by atoms with Crippen molar-refractivity contribution in [1.82, 2.24) is 15.3 Å². The highest BCUT2D eigenvalue weighted by Crippen LogP contribution is 2.16. The van der Waals surface area contributed by atoms with Gasteiger partial charge in [-0.1, -0.05) is 6.92 Å². The van der Waals surface area contributed by atoms with Crippen molar-refractivity contribution in [3.05, 3.63) is 17.0 Å². The normalized spacial score (nSPS) is 10.1. The van der Waals surface area contributed by atoms with E-state index in [0.717, 1.165) is 36.3 Å². The highest BCUT2D eigenvalue weighted by atomic mass is 79.9. The van der Waals surface area contributed by atoms with Crippen LogP contribution in [0.5, 0.6) is 0 Å². The third kappa shape index (κ3) is 4.02. The molecule has 0 atom stereocenters. The zero-order valence-corrected chi connectivity index (χ0v) is 9.84. The molecule has 0 radical (unpaired) electrons.